The van der Waals surface area contributed by atoms with E-state index in [4.69, 9.17) is 0 Å². The molecule has 0 heterocycles. The highest BCUT2D eigenvalue weighted by Gasteiger charge is 2.32. The molecule has 0 unspecified atom stereocenters. The highest BCUT2D eigenvalue weighted by Crippen LogP contribution is 2.32. The highest BCUT2D eigenvalue weighted by atomic mass is 15.4. The van der Waals surface area contributed by atoms with Gasteiger partial charge in [0.1, 0.15) is 50.6 Å². The minimum absolute atomic E-state index is 0.737. The molecular formula is C24H34N2+2. The molecule has 0 saturated heterocycles. The lowest BCUT2D eigenvalue weighted by molar-refractivity contribution is 0.353. The summed E-state index contributed by atoms with van der Waals surface area (Å²) in [5.74, 6) is 0. The fourth-order valence-electron chi connectivity index (χ4n) is 3.65. The number of hydrogen-bond acceptors (Lipinski definition) is 0. The summed E-state index contributed by atoms with van der Waals surface area (Å²) in [6.45, 7) is 28.8. The average molecular weight is 351 g/mol. The molecule has 0 aliphatic heterocycles. The molecule has 0 atom stereocenters. The van der Waals surface area contributed by atoms with Crippen LogP contribution in [0.1, 0.15) is 0 Å². The van der Waals surface area contributed by atoms with Crippen LogP contribution in [0.25, 0.3) is 0 Å². The SMILES string of the molecule is C=CC[N+](CC=C)(CC=C)c1cccc([N+](CC=C)(CC=C)CC=C)c1. The van der Waals surface area contributed by atoms with Crippen molar-refractivity contribution in [2.75, 3.05) is 39.3 Å². The Morgan fingerprint density at radius 2 is 0.808 bits per heavy atom. The zero-order chi connectivity index (χ0) is 19.5. The molecule has 0 amide bonds. The van der Waals surface area contributed by atoms with Crippen LogP contribution >= 0.6 is 0 Å². The Morgan fingerprint density at radius 1 is 0.538 bits per heavy atom. The molecule has 0 aliphatic carbocycles. The third kappa shape index (κ3) is 4.81. The van der Waals surface area contributed by atoms with Gasteiger partial charge >= 0.3 is 0 Å². The largest absolute Gasteiger partial charge is 0.281 e. The lowest BCUT2D eigenvalue weighted by Gasteiger charge is -2.39. The first-order chi connectivity index (χ1) is 12.6. The molecule has 1 aromatic rings. The van der Waals surface area contributed by atoms with Crippen LogP contribution in [0.15, 0.2) is 100 Å². The molecule has 2 nitrogen and oxygen atoms in total. The van der Waals surface area contributed by atoms with Crippen LogP contribution in [0.3, 0.4) is 0 Å². The molecule has 0 fully saturated rings. The van der Waals surface area contributed by atoms with Gasteiger partial charge in [-0.1, -0.05) is 45.5 Å². The van der Waals surface area contributed by atoms with Gasteiger partial charge in [0.25, 0.3) is 0 Å². The Kier molecular flexibility index (Phi) is 8.77. The van der Waals surface area contributed by atoms with Gasteiger partial charge in [-0.05, 0) is 48.6 Å². The van der Waals surface area contributed by atoms with Crippen LogP contribution in [0, 0.1) is 0 Å². The minimum Gasteiger partial charge on any atom is -0.281 e. The lowest BCUT2D eigenvalue weighted by Crippen LogP contribution is -2.51. The molecule has 1 rings (SSSR count). The van der Waals surface area contributed by atoms with Crippen molar-refractivity contribution >= 4 is 11.4 Å². The molecule has 0 bridgehead atoms. The predicted molar refractivity (Wildman–Crippen MR) is 120 cm³/mol. The van der Waals surface area contributed by atoms with Gasteiger partial charge < -0.3 is 0 Å². The number of nitrogens with zero attached hydrogens (tertiary/aromatic N) is 2. The smallest absolute Gasteiger partial charge is 0.139 e. The van der Waals surface area contributed by atoms with E-state index in [-0.39, 0.29) is 0 Å². The van der Waals surface area contributed by atoms with Crippen molar-refractivity contribution in [3.63, 3.8) is 0 Å². The monoisotopic (exact) mass is 350 g/mol. The molecular weight excluding hydrogens is 316 g/mol. The summed E-state index contributed by atoms with van der Waals surface area (Å²) < 4.78 is 1.47. The van der Waals surface area contributed by atoms with Crippen molar-refractivity contribution in [1.82, 2.24) is 8.97 Å². The van der Waals surface area contributed by atoms with Gasteiger partial charge in [-0.15, -0.1) is 0 Å². The van der Waals surface area contributed by atoms with Crippen molar-refractivity contribution in [3.05, 3.63) is 100 Å². The van der Waals surface area contributed by atoms with E-state index in [0.29, 0.717) is 0 Å². The maximum atomic E-state index is 3.97. The first-order valence-electron chi connectivity index (χ1n) is 9.06. The van der Waals surface area contributed by atoms with Crippen LogP contribution in [0.5, 0.6) is 0 Å². The van der Waals surface area contributed by atoms with E-state index in [0.717, 1.165) is 48.2 Å². The quantitative estimate of drug-likeness (QED) is 0.310. The van der Waals surface area contributed by atoms with Gasteiger partial charge in [-0.3, -0.25) is 8.97 Å². The Morgan fingerprint density at radius 3 is 1.04 bits per heavy atom. The van der Waals surface area contributed by atoms with Gasteiger partial charge in [0, 0.05) is 0 Å². The van der Waals surface area contributed by atoms with Gasteiger partial charge in [0.15, 0.2) is 0 Å². The fourth-order valence-corrected chi connectivity index (χ4v) is 3.65. The van der Waals surface area contributed by atoms with E-state index in [1.807, 2.05) is 36.5 Å². The van der Waals surface area contributed by atoms with Crippen molar-refractivity contribution < 1.29 is 0 Å². The summed E-state index contributed by atoms with van der Waals surface area (Å²) in [5.41, 5.74) is 2.48. The maximum Gasteiger partial charge on any atom is 0.139 e. The standard InChI is InChI=1S/C24H34N2/c1-7-16-25(17-8-2,18-9-3)23-14-13-15-24(22-23)26(19-10-4,20-11-5)21-12-6/h7-15,22H,1-6,16-21H2/q+2. The number of benzene rings is 1. The summed E-state index contributed by atoms with van der Waals surface area (Å²) >= 11 is 0. The molecule has 0 spiro atoms. The first-order valence-corrected chi connectivity index (χ1v) is 9.06. The minimum atomic E-state index is 0.737. The second-order valence-electron chi connectivity index (χ2n) is 6.64. The lowest BCUT2D eigenvalue weighted by atomic mass is 10.1. The van der Waals surface area contributed by atoms with E-state index < -0.39 is 0 Å². The average Bonchev–Trinajstić information content (AvgIpc) is 2.63. The van der Waals surface area contributed by atoms with E-state index in [1.54, 1.807) is 0 Å². The first kappa shape index (κ1) is 21.6. The molecule has 2 heteroatoms. The summed E-state index contributed by atoms with van der Waals surface area (Å²) in [7, 11) is 0. The molecule has 0 saturated carbocycles. The van der Waals surface area contributed by atoms with Crippen molar-refractivity contribution in [3.8, 4) is 0 Å². The predicted octanol–water partition coefficient (Wildman–Crippen LogP) is 5.42. The van der Waals surface area contributed by atoms with Gasteiger partial charge in [0.2, 0.25) is 0 Å². The van der Waals surface area contributed by atoms with Crippen molar-refractivity contribution in [2.45, 2.75) is 0 Å². The number of quaternary nitrogens is 2. The van der Waals surface area contributed by atoms with Gasteiger partial charge in [0.05, 0.1) is 6.07 Å². The summed E-state index contributed by atoms with van der Waals surface area (Å²) in [6.07, 6.45) is 11.8. The summed E-state index contributed by atoms with van der Waals surface area (Å²) in [4.78, 5) is 0. The molecule has 0 aromatic heterocycles. The summed E-state index contributed by atoms with van der Waals surface area (Å²) in [5, 5.41) is 0. The van der Waals surface area contributed by atoms with Gasteiger partial charge in [-0.25, -0.2) is 0 Å². The van der Waals surface area contributed by atoms with Crippen LogP contribution in [0.2, 0.25) is 0 Å². The maximum absolute atomic E-state index is 3.97. The summed E-state index contributed by atoms with van der Waals surface area (Å²) in [6, 6.07) is 8.80. The Hall–Kier alpha value is -2.42. The molecule has 0 N–H and O–H groups in total. The molecule has 26 heavy (non-hydrogen) atoms. The van der Waals surface area contributed by atoms with Crippen molar-refractivity contribution in [1.29, 1.82) is 0 Å². The molecule has 138 valence electrons. The fraction of sp³-hybridized carbons (Fsp3) is 0.250. The second kappa shape index (κ2) is 10.5. The Labute approximate surface area is 160 Å². The van der Waals surface area contributed by atoms with Crippen LogP contribution in [0.4, 0.5) is 11.4 Å². The zero-order valence-electron chi connectivity index (χ0n) is 16.2. The third-order valence-corrected chi connectivity index (χ3v) is 4.80. The van der Waals surface area contributed by atoms with E-state index >= 15 is 0 Å². The topological polar surface area (TPSA) is 0 Å². The van der Waals surface area contributed by atoms with E-state index in [2.05, 4.69) is 63.7 Å². The van der Waals surface area contributed by atoms with Crippen LogP contribution in [-0.4, -0.2) is 39.3 Å². The molecule has 0 aliphatic rings. The molecule has 0 radical (unpaired) electrons. The highest BCUT2D eigenvalue weighted by molar-refractivity contribution is 5.57. The normalized spacial score (nSPS) is 11.4. The van der Waals surface area contributed by atoms with E-state index in [9.17, 15) is 0 Å². The zero-order valence-corrected chi connectivity index (χ0v) is 16.2. The third-order valence-electron chi connectivity index (χ3n) is 4.80. The van der Waals surface area contributed by atoms with Gasteiger partial charge in [-0.2, -0.15) is 0 Å². The van der Waals surface area contributed by atoms with Crippen molar-refractivity contribution in [2.24, 2.45) is 0 Å². The Bertz CT molecular complexity index is 548. The van der Waals surface area contributed by atoms with Crippen LogP contribution in [-0.2, 0) is 0 Å². The number of hydrogen-bond donors (Lipinski definition) is 0. The van der Waals surface area contributed by atoms with E-state index in [1.165, 1.54) is 11.4 Å². The van der Waals surface area contributed by atoms with Crippen LogP contribution < -0.4 is 8.97 Å². The molecule has 1 aromatic carbocycles. The Balaban J connectivity index is 3.56. The number of rotatable bonds is 14. The second-order valence-corrected chi connectivity index (χ2v) is 6.64.